The smallest absolute Gasteiger partial charge is 0.161 e. The van der Waals surface area contributed by atoms with Gasteiger partial charge in [0.2, 0.25) is 0 Å². The maximum absolute atomic E-state index is 6.81. The van der Waals surface area contributed by atoms with Crippen molar-refractivity contribution in [2.45, 2.75) is 78.7 Å². The molecule has 10 atom stereocenters. The molecule has 38 heavy (non-hydrogen) atoms. The van der Waals surface area contributed by atoms with Crippen LogP contribution in [-0.4, -0.2) is 51.2 Å². The summed E-state index contributed by atoms with van der Waals surface area (Å²) in [6.07, 6.45) is -1.10. The molecule has 0 amide bonds. The molecule has 0 aliphatic carbocycles. The summed E-state index contributed by atoms with van der Waals surface area (Å²) in [5, 5.41) is 0. The largest absolute Gasteiger partial charge is 0.374 e. The molecule has 2 aromatic carbocycles. The molecule has 2 aromatic rings. The molecular formula is C32H46O6. The quantitative estimate of drug-likeness (QED) is 0.354. The highest BCUT2D eigenvalue weighted by Gasteiger charge is 2.47. The molecule has 0 aromatic heterocycles. The van der Waals surface area contributed by atoms with Gasteiger partial charge in [-0.15, -0.1) is 0 Å². The number of hydrogen-bond acceptors (Lipinski definition) is 6. The standard InChI is InChI=1S/C32H46O6/c1-21-22(2)28(19-34-17-26-13-9-7-10-14-26)36-32(24(21)4)38-30-23(3)25(5)31(33-6)37-29(30)20-35-18-27-15-11-8-12-16-27/h7-16,21-25,28-32H,17-20H2,1-6H3/t21-,22+,23+,24?,25?,28?,29?,30-,31-,32-/m0/s1. The Morgan fingerprint density at radius 3 is 1.63 bits per heavy atom. The Labute approximate surface area is 228 Å². The van der Waals surface area contributed by atoms with Crippen LogP contribution >= 0.6 is 0 Å². The zero-order valence-electron chi connectivity index (χ0n) is 23.8. The van der Waals surface area contributed by atoms with Gasteiger partial charge < -0.3 is 28.4 Å². The fourth-order valence-electron chi connectivity index (χ4n) is 5.60. The summed E-state index contributed by atoms with van der Waals surface area (Å²) in [6.45, 7) is 13.2. The van der Waals surface area contributed by atoms with Crippen LogP contribution in [-0.2, 0) is 41.6 Å². The van der Waals surface area contributed by atoms with E-state index in [1.54, 1.807) is 7.11 Å². The van der Waals surface area contributed by atoms with Gasteiger partial charge in [-0.2, -0.15) is 0 Å². The van der Waals surface area contributed by atoms with Crippen molar-refractivity contribution in [1.29, 1.82) is 0 Å². The molecule has 6 heteroatoms. The molecule has 0 saturated carbocycles. The number of rotatable bonds is 11. The minimum Gasteiger partial charge on any atom is -0.374 e. The Hall–Kier alpha value is -1.80. The lowest BCUT2D eigenvalue weighted by Crippen LogP contribution is -2.56. The third kappa shape index (κ3) is 7.23. The van der Waals surface area contributed by atoms with Crippen LogP contribution in [0.4, 0.5) is 0 Å². The number of methoxy groups -OCH3 is 1. The zero-order valence-corrected chi connectivity index (χ0v) is 23.8. The van der Waals surface area contributed by atoms with Gasteiger partial charge in [-0.3, -0.25) is 0 Å². The fraction of sp³-hybridized carbons (Fsp3) is 0.625. The van der Waals surface area contributed by atoms with Crippen molar-refractivity contribution in [2.75, 3.05) is 20.3 Å². The van der Waals surface area contributed by atoms with Crippen LogP contribution in [0.3, 0.4) is 0 Å². The van der Waals surface area contributed by atoms with Crippen LogP contribution in [0.25, 0.3) is 0 Å². The fourth-order valence-corrected chi connectivity index (χ4v) is 5.60. The Kier molecular flexibility index (Phi) is 10.8. The lowest BCUT2D eigenvalue weighted by molar-refractivity contribution is -0.327. The van der Waals surface area contributed by atoms with E-state index in [9.17, 15) is 0 Å². The average molecular weight is 527 g/mol. The van der Waals surface area contributed by atoms with Crippen LogP contribution in [0, 0.1) is 29.6 Å². The molecular weight excluding hydrogens is 480 g/mol. The predicted octanol–water partition coefficient (Wildman–Crippen LogP) is 6.08. The third-order valence-corrected chi connectivity index (χ3v) is 8.75. The first-order valence-corrected chi connectivity index (χ1v) is 14.1. The van der Waals surface area contributed by atoms with Gasteiger partial charge in [0.1, 0.15) is 6.10 Å². The highest BCUT2D eigenvalue weighted by molar-refractivity contribution is 5.14. The van der Waals surface area contributed by atoms with Crippen LogP contribution in [0.2, 0.25) is 0 Å². The van der Waals surface area contributed by atoms with Gasteiger partial charge in [0.25, 0.3) is 0 Å². The molecule has 2 heterocycles. The maximum Gasteiger partial charge on any atom is 0.161 e. The molecule has 2 aliphatic heterocycles. The Morgan fingerprint density at radius 2 is 1.08 bits per heavy atom. The van der Waals surface area contributed by atoms with Gasteiger partial charge in [-0.25, -0.2) is 0 Å². The third-order valence-electron chi connectivity index (χ3n) is 8.75. The van der Waals surface area contributed by atoms with Crippen LogP contribution < -0.4 is 0 Å². The van der Waals surface area contributed by atoms with Crippen LogP contribution in [0.5, 0.6) is 0 Å². The summed E-state index contributed by atoms with van der Waals surface area (Å²) in [5.41, 5.74) is 2.30. The second-order valence-corrected chi connectivity index (χ2v) is 11.2. The normalized spacial score (nSPS) is 35.7. The van der Waals surface area contributed by atoms with Gasteiger partial charge in [0, 0.05) is 18.9 Å². The van der Waals surface area contributed by atoms with Crippen molar-refractivity contribution < 1.29 is 28.4 Å². The van der Waals surface area contributed by atoms with E-state index in [2.05, 4.69) is 58.9 Å². The van der Waals surface area contributed by atoms with E-state index in [1.807, 2.05) is 36.4 Å². The second kappa shape index (κ2) is 14.0. The zero-order chi connectivity index (χ0) is 27.1. The lowest BCUT2D eigenvalue weighted by Gasteiger charge is -2.48. The summed E-state index contributed by atoms with van der Waals surface area (Å²) in [6, 6.07) is 20.5. The molecule has 6 nitrogen and oxygen atoms in total. The Bertz CT molecular complexity index is 939. The van der Waals surface area contributed by atoms with E-state index >= 15 is 0 Å². The minimum atomic E-state index is -0.342. The molecule has 2 saturated heterocycles. The van der Waals surface area contributed by atoms with Gasteiger partial charge in [0.05, 0.1) is 38.6 Å². The van der Waals surface area contributed by atoms with Crippen molar-refractivity contribution >= 4 is 0 Å². The van der Waals surface area contributed by atoms with Gasteiger partial charge >= 0.3 is 0 Å². The van der Waals surface area contributed by atoms with E-state index in [4.69, 9.17) is 28.4 Å². The van der Waals surface area contributed by atoms with E-state index in [1.165, 1.54) is 5.56 Å². The van der Waals surface area contributed by atoms with E-state index in [0.717, 1.165) is 5.56 Å². The average Bonchev–Trinajstić information content (AvgIpc) is 2.94. The molecule has 0 N–H and O–H groups in total. The minimum absolute atomic E-state index is 0.0355. The molecule has 0 bridgehead atoms. The molecule has 2 fully saturated rings. The van der Waals surface area contributed by atoms with Crippen molar-refractivity contribution in [3.63, 3.8) is 0 Å². The number of hydrogen-bond donors (Lipinski definition) is 0. The first kappa shape index (κ1) is 29.2. The topological polar surface area (TPSA) is 55.4 Å². The number of ether oxygens (including phenoxy) is 6. The summed E-state index contributed by atoms with van der Waals surface area (Å²) in [4.78, 5) is 0. The summed E-state index contributed by atoms with van der Waals surface area (Å²) in [5.74, 6) is 1.41. The highest BCUT2D eigenvalue weighted by atomic mass is 16.7. The van der Waals surface area contributed by atoms with Gasteiger partial charge in [0.15, 0.2) is 12.6 Å². The van der Waals surface area contributed by atoms with Crippen LogP contribution in [0.1, 0.15) is 45.7 Å². The SMILES string of the molecule is CO[C@H]1OC(COCc2ccccc2)[C@@H](O[C@@H]2OC(COCc3ccccc3)[C@H](C)[C@H](C)C2C)[C@H](C)C1C. The molecule has 4 unspecified atom stereocenters. The van der Waals surface area contributed by atoms with Crippen molar-refractivity contribution in [3.8, 4) is 0 Å². The highest BCUT2D eigenvalue weighted by Crippen LogP contribution is 2.40. The molecule has 2 aliphatic rings. The van der Waals surface area contributed by atoms with Crippen molar-refractivity contribution in [2.24, 2.45) is 29.6 Å². The molecule has 0 spiro atoms. The van der Waals surface area contributed by atoms with Gasteiger partial charge in [-0.1, -0.05) is 95.3 Å². The lowest BCUT2D eigenvalue weighted by atomic mass is 9.78. The van der Waals surface area contributed by atoms with E-state index in [0.29, 0.717) is 38.3 Å². The van der Waals surface area contributed by atoms with E-state index in [-0.39, 0.29) is 48.6 Å². The van der Waals surface area contributed by atoms with Crippen molar-refractivity contribution in [1.82, 2.24) is 0 Å². The van der Waals surface area contributed by atoms with Gasteiger partial charge in [-0.05, 0) is 28.9 Å². The second-order valence-electron chi connectivity index (χ2n) is 11.2. The summed E-state index contributed by atoms with van der Waals surface area (Å²) < 4.78 is 37.7. The monoisotopic (exact) mass is 526 g/mol. The summed E-state index contributed by atoms with van der Waals surface area (Å²) in [7, 11) is 1.70. The summed E-state index contributed by atoms with van der Waals surface area (Å²) >= 11 is 0. The number of benzene rings is 2. The first-order valence-electron chi connectivity index (χ1n) is 14.1. The Morgan fingerprint density at radius 1 is 0.579 bits per heavy atom. The van der Waals surface area contributed by atoms with E-state index < -0.39 is 0 Å². The predicted molar refractivity (Wildman–Crippen MR) is 147 cm³/mol. The first-order chi connectivity index (χ1) is 18.4. The molecule has 4 rings (SSSR count). The molecule has 0 radical (unpaired) electrons. The maximum atomic E-state index is 6.81. The molecule has 210 valence electrons. The van der Waals surface area contributed by atoms with Crippen LogP contribution in [0.15, 0.2) is 60.7 Å². The Balaban J connectivity index is 1.40. The van der Waals surface area contributed by atoms with Crippen molar-refractivity contribution in [3.05, 3.63) is 71.8 Å².